The summed E-state index contributed by atoms with van der Waals surface area (Å²) in [7, 11) is 1.56. The van der Waals surface area contributed by atoms with Crippen LogP contribution >= 0.6 is 0 Å². The Morgan fingerprint density at radius 2 is 1.71 bits per heavy atom. The lowest BCUT2D eigenvalue weighted by atomic mass is 10.1. The average Bonchev–Trinajstić information content (AvgIpc) is 2.70. The molecule has 148 valence electrons. The molecule has 0 aromatic heterocycles. The first-order valence-electron chi connectivity index (χ1n) is 8.79. The molecule has 7 heteroatoms. The molecule has 0 bridgehead atoms. The van der Waals surface area contributed by atoms with Crippen molar-refractivity contribution in [1.29, 1.82) is 0 Å². The molecule has 0 spiro atoms. The lowest BCUT2D eigenvalue weighted by Crippen LogP contribution is -2.43. The summed E-state index contributed by atoms with van der Waals surface area (Å²) in [4.78, 5) is 23.8. The number of benzene rings is 2. The van der Waals surface area contributed by atoms with E-state index in [1.54, 1.807) is 31.4 Å². The van der Waals surface area contributed by atoms with Crippen molar-refractivity contribution >= 4 is 17.9 Å². The number of hydrogen-bond acceptors (Lipinski definition) is 5. The van der Waals surface area contributed by atoms with Gasteiger partial charge in [0.15, 0.2) is 18.1 Å². The third kappa shape index (κ3) is 6.35. The van der Waals surface area contributed by atoms with Crippen molar-refractivity contribution in [1.82, 2.24) is 10.9 Å². The predicted octanol–water partition coefficient (Wildman–Crippen LogP) is 2.64. The molecule has 28 heavy (non-hydrogen) atoms. The van der Waals surface area contributed by atoms with Gasteiger partial charge in [-0.1, -0.05) is 23.8 Å². The maximum Gasteiger partial charge on any atom is 0.276 e. The highest BCUT2D eigenvalue weighted by atomic mass is 16.5. The van der Waals surface area contributed by atoms with Crippen molar-refractivity contribution in [3.05, 3.63) is 59.7 Å². The van der Waals surface area contributed by atoms with Gasteiger partial charge >= 0.3 is 0 Å². The minimum Gasteiger partial charge on any atom is -0.496 e. The van der Waals surface area contributed by atoms with E-state index >= 15 is 0 Å². The van der Waals surface area contributed by atoms with Crippen LogP contribution in [0.25, 0.3) is 6.08 Å². The second-order valence-electron chi connectivity index (χ2n) is 5.78. The highest BCUT2D eigenvalue weighted by Gasteiger charge is 2.08. The minimum absolute atomic E-state index is 0.264. The number of nitrogens with one attached hydrogen (secondary N) is 2. The zero-order valence-corrected chi connectivity index (χ0v) is 16.2. The fourth-order valence-corrected chi connectivity index (χ4v) is 2.35. The third-order valence-corrected chi connectivity index (χ3v) is 3.63. The fraction of sp³-hybridized carbons (Fsp3) is 0.238. The van der Waals surface area contributed by atoms with Gasteiger partial charge < -0.3 is 14.2 Å². The van der Waals surface area contributed by atoms with Crippen LogP contribution in [-0.4, -0.2) is 32.1 Å². The van der Waals surface area contributed by atoms with Gasteiger partial charge in [0.05, 0.1) is 13.7 Å². The quantitative estimate of drug-likeness (QED) is 0.540. The number of carbonyl (C=O) groups is 2. The Labute approximate surface area is 164 Å². The van der Waals surface area contributed by atoms with Crippen molar-refractivity contribution < 1.29 is 23.8 Å². The van der Waals surface area contributed by atoms with Crippen LogP contribution in [-0.2, 0) is 9.59 Å². The minimum atomic E-state index is -0.499. The number of rotatable bonds is 8. The molecule has 2 rings (SSSR count). The highest BCUT2D eigenvalue weighted by molar-refractivity contribution is 5.93. The van der Waals surface area contributed by atoms with Crippen molar-refractivity contribution in [2.24, 2.45) is 0 Å². The molecule has 2 N–H and O–H groups in total. The van der Waals surface area contributed by atoms with Gasteiger partial charge in [-0.25, -0.2) is 0 Å². The summed E-state index contributed by atoms with van der Waals surface area (Å²) in [6.45, 7) is 4.03. The Balaban J connectivity index is 1.83. The van der Waals surface area contributed by atoms with Crippen LogP contribution in [0.2, 0.25) is 0 Å². The average molecular weight is 384 g/mol. The Bertz CT molecular complexity index is 848. The van der Waals surface area contributed by atoms with Crippen LogP contribution in [0, 0.1) is 6.92 Å². The summed E-state index contributed by atoms with van der Waals surface area (Å²) in [5.41, 5.74) is 6.40. The van der Waals surface area contributed by atoms with Crippen LogP contribution in [0.4, 0.5) is 0 Å². The molecule has 0 radical (unpaired) electrons. The number of para-hydroxylation sites is 2. The number of methoxy groups -OCH3 is 1. The molecule has 0 saturated carbocycles. The lowest BCUT2D eigenvalue weighted by molar-refractivity contribution is -0.128. The molecule has 2 aromatic carbocycles. The van der Waals surface area contributed by atoms with E-state index in [1.807, 2.05) is 38.1 Å². The van der Waals surface area contributed by atoms with E-state index in [4.69, 9.17) is 14.2 Å². The van der Waals surface area contributed by atoms with Gasteiger partial charge in [-0.15, -0.1) is 0 Å². The molecule has 0 aliphatic heterocycles. The SMILES string of the molecule is CCOc1ccccc1OCC(=O)NNC(=O)/C=C/c1cc(C)ccc1OC. The molecule has 0 atom stereocenters. The second-order valence-corrected chi connectivity index (χ2v) is 5.78. The Hall–Kier alpha value is -3.48. The first kappa shape index (κ1) is 20.8. The van der Waals surface area contributed by atoms with Gasteiger partial charge in [0, 0.05) is 11.6 Å². The molecule has 2 amide bonds. The number of hydrazine groups is 1. The van der Waals surface area contributed by atoms with Gasteiger partial charge in [-0.05, 0) is 44.2 Å². The number of aryl methyl sites for hydroxylation is 1. The maximum absolute atomic E-state index is 11.9. The van der Waals surface area contributed by atoms with Crippen molar-refractivity contribution in [3.63, 3.8) is 0 Å². The van der Waals surface area contributed by atoms with Crippen LogP contribution in [0.15, 0.2) is 48.5 Å². The van der Waals surface area contributed by atoms with Gasteiger partial charge in [0.25, 0.3) is 11.8 Å². The molecule has 2 aromatic rings. The molecule has 0 fully saturated rings. The van der Waals surface area contributed by atoms with E-state index in [0.717, 1.165) is 11.1 Å². The summed E-state index contributed by atoms with van der Waals surface area (Å²) in [5.74, 6) is 0.682. The van der Waals surface area contributed by atoms with E-state index in [1.165, 1.54) is 6.08 Å². The van der Waals surface area contributed by atoms with Gasteiger partial charge in [-0.2, -0.15) is 0 Å². The second kappa shape index (κ2) is 10.6. The normalized spacial score (nSPS) is 10.4. The third-order valence-electron chi connectivity index (χ3n) is 3.63. The van der Waals surface area contributed by atoms with Gasteiger partial charge in [-0.3, -0.25) is 20.4 Å². The zero-order valence-electron chi connectivity index (χ0n) is 16.2. The smallest absolute Gasteiger partial charge is 0.276 e. The zero-order chi connectivity index (χ0) is 20.4. The maximum atomic E-state index is 11.9. The van der Waals surface area contributed by atoms with Crippen LogP contribution in [0.1, 0.15) is 18.1 Å². The van der Waals surface area contributed by atoms with E-state index in [0.29, 0.717) is 23.9 Å². The molecule has 0 aliphatic rings. The first-order chi connectivity index (χ1) is 13.5. The number of carbonyl (C=O) groups excluding carboxylic acids is 2. The number of ether oxygens (including phenoxy) is 3. The summed E-state index contributed by atoms with van der Waals surface area (Å²) in [6.07, 6.45) is 2.92. The van der Waals surface area contributed by atoms with Gasteiger partial charge in [0.2, 0.25) is 0 Å². The standard InChI is InChI=1S/C21H24N2O5/c1-4-27-18-7-5-6-8-19(18)28-14-21(25)23-22-20(24)12-10-16-13-15(2)9-11-17(16)26-3/h5-13H,4,14H2,1-3H3,(H,22,24)(H,23,25)/b12-10+. The predicted molar refractivity (Wildman–Crippen MR) is 106 cm³/mol. The Morgan fingerprint density at radius 1 is 1.00 bits per heavy atom. The van der Waals surface area contributed by atoms with E-state index in [9.17, 15) is 9.59 Å². The van der Waals surface area contributed by atoms with Crippen molar-refractivity contribution in [3.8, 4) is 17.2 Å². The van der Waals surface area contributed by atoms with E-state index in [-0.39, 0.29) is 6.61 Å². The Kier molecular flexibility index (Phi) is 7.90. The van der Waals surface area contributed by atoms with E-state index < -0.39 is 11.8 Å². The summed E-state index contributed by atoms with van der Waals surface area (Å²) >= 11 is 0. The van der Waals surface area contributed by atoms with Crippen LogP contribution in [0.3, 0.4) is 0 Å². The summed E-state index contributed by atoms with van der Waals surface area (Å²) in [5, 5.41) is 0. The number of hydrogen-bond donors (Lipinski definition) is 2. The van der Waals surface area contributed by atoms with Crippen LogP contribution in [0.5, 0.6) is 17.2 Å². The molecular weight excluding hydrogens is 360 g/mol. The molecule has 0 aliphatic carbocycles. The van der Waals surface area contributed by atoms with E-state index in [2.05, 4.69) is 10.9 Å². The topological polar surface area (TPSA) is 85.9 Å². The molecule has 0 unspecified atom stereocenters. The molecular formula is C21H24N2O5. The summed E-state index contributed by atoms with van der Waals surface area (Å²) in [6, 6.07) is 12.7. The number of amides is 2. The fourth-order valence-electron chi connectivity index (χ4n) is 2.35. The molecule has 0 saturated heterocycles. The summed E-state index contributed by atoms with van der Waals surface area (Å²) < 4.78 is 16.1. The molecule has 0 heterocycles. The largest absolute Gasteiger partial charge is 0.496 e. The van der Waals surface area contributed by atoms with Crippen LogP contribution < -0.4 is 25.1 Å². The van der Waals surface area contributed by atoms with Gasteiger partial charge in [0.1, 0.15) is 5.75 Å². The lowest BCUT2D eigenvalue weighted by Gasteiger charge is -2.11. The Morgan fingerprint density at radius 3 is 2.39 bits per heavy atom. The molecule has 7 nitrogen and oxygen atoms in total. The van der Waals surface area contributed by atoms with Crippen molar-refractivity contribution in [2.75, 3.05) is 20.3 Å². The monoisotopic (exact) mass is 384 g/mol. The van der Waals surface area contributed by atoms with Crippen molar-refractivity contribution in [2.45, 2.75) is 13.8 Å². The first-order valence-corrected chi connectivity index (χ1v) is 8.79. The highest BCUT2D eigenvalue weighted by Crippen LogP contribution is 2.26.